The van der Waals surface area contributed by atoms with Crippen molar-refractivity contribution in [2.24, 2.45) is 17.6 Å². The van der Waals surface area contributed by atoms with E-state index in [0.29, 0.717) is 30.1 Å². The van der Waals surface area contributed by atoms with Crippen LogP contribution in [0.2, 0.25) is 0 Å². The van der Waals surface area contributed by atoms with E-state index < -0.39 is 30.9 Å². The van der Waals surface area contributed by atoms with Crippen LogP contribution in [0, 0.1) is 11.8 Å². The maximum absolute atomic E-state index is 13.4. The Bertz CT molecular complexity index is 1450. The second kappa shape index (κ2) is 31.6. The number of rotatable bonds is 30. The number of nitrogens with two attached hydrogens (primary N) is 1. The van der Waals surface area contributed by atoms with Crippen LogP contribution in [0.3, 0.4) is 0 Å². The van der Waals surface area contributed by atoms with Crippen LogP contribution < -0.4 is 21.7 Å². The lowest BCUT2D eigenvalue weighted by Crippen LogP contribution is -2.45. The third-order valence-electron chi connectivity index (χ3n) is 8.03. The van der Waals surface area contributed by atoms with E-state index in [4.69, 9.17) is 15.2 Å². The number of ether oxygens (including phenoxy) is 3. The van der Waals surface area contributed by atoms with Crippen LogP contribution in [0.1, 0.15) is 37.8 Å². The molecule has 2 aromatic carbocycles. The van der Waals surface area contributed by atoms with E-state index in [9.17, 15) is 24.0 Å². The summed E-state index contributed by atoms with van der Waals surface area (Å²) in [5, 5.41) is 8.63. The summed E-state index contributed by atoms with van der Waals surface area (Å²) in [6.07, 6.45) is 4.68. The molecule has 0 aliphatic carbocycles. The van der Waals surface area contributed by atoms with Crippen LogP contribution in [0.4, 0.5) is 4.79 Å². The topological polar surface area (TPSA) is 175 Å². The zero-order valence-corrected chi connectivity index (χ0v) is 38.0. The maximum Gasteiger partial charge on any atom is 0.511 e. The van der Waals surface area contributed by atoms with Crippen molar-refractivity contribution in [3.05, 3.63) is 71.8 Å². The number of hydrogen-bond acceptors (Lipinski definition) is 15. The molecule has 318 valence electrons. The molecule has 1 unspecified atom stereocenters. The highest BCUT2D eigenvalue weighted by Crippen LogP contribution is 2.28. The Labute approximate surface area is 362 Å². The summed E-state index contributed by atoms with van der Waals surface area (Å²) in [7, 11) is 6.41. The second-order valence-electron chi connectivity index (χ2n) is 12.8. The molecule has 0 saturated heterocycles. The lowest BCUT2D eigenvalue weighted by atomic mass is 10.0. The summed E-state index contributed by atoms with van der Waals surface area (Å²) in [6.45, 7) is 2.61. The standard InChI is InChI=1S/C39H58N4O8S6/c1-5-49-39(48)51-28(2)50-36(45)23-42-38(47)32(21-30-14-10-7-11-15-30)25-55-57-27-34(17-19-53-4)43-35(44)22-41-37(46)31(20-29-12-8-6-9-13-29)24-54-56-26-33(40)16-18-52-3/h6-15,28,31-34H,5,16-27,40H2,1-4H3,(H,41,46)(H,42,47)(H,43,44)/t28?,31-,32-,33+,34+/m1/s1. The number of nitrogens with one attached hydrogen (secondary N) is 3. The summed E-state index contributed by atoms with van der Waals surface area (Å²) in [4.78, 5) is 63.6. The SMILES string of the molecule is CCOC(=O)OC(C)OC(=O)CNC(=O)[C@@H](CSSC[C@H](CCSC)NC(=O)CNC(=O)[C@@H](CSSC[C@@H](N)CCSC)Cc1ccccc1)Cc1ccccc1. The van der Waals surface area contributed by atoms with E-state index in [1.165, 1.54) is 17.7 Å². The number of hydrogen-bond donors (Lipinski definition) is 4. The fourth-order valence-corrected chi connectivity index (χ4v) is 11.2. The normalized spacial score (nSPS) is 13.6. The van der Waals surface area contributed by atoms with Crippen LogP contribution in [-0.2, 0) is 46.2 Å². The van der Waals surface area contributed by atoms with Crippen molar-refractivity contribution in [1.29, 1.82) is 0 Å². The average molecular weight is 903 g/mol. The van der Waals surface area contributed by atoms with E-state index in [0.717, 1.165) is 41.2 Å². The molecule has 0 aromatic heterocycles. The van der Waals surface area contributed by atoms with Gasteiger partial charge in [0.05, 0.1) is 25.0 Å². The van der Waals surface area contributed by atoms with Crippen molar-refractivity contribution in [2.75, 3.05) is 66.7 Å². The zero-order chi connectivity index (χ0) is 41.7. The molecular formula is C39H58N4O8S6. The van der Waals surface area contributed by atoms with Crippen LogP contribution >= 0.6 is 66.7 Å². The lowest BCUT2D eigenvalue weighted by molar-refractivity contribution is -0.167. The third-order valence-corrected chi connectivity index (χ3v) is 14.5. The predicted octanol–water partition coefficient (Wildman–Crippen LogP) is 6.08. The highest BCUT2D eigenvalue weighted by Gasteiger charge is 2.24. The molecule has 0 saturated carbocycles. The number of carbonyl (C=O) groups excluding carboxylic acids is 5. The average Bonchev–Trinajstić information content (AvgIpc) is 3.20. The molecule has 5 atom stereocenters. The minimum Gasteiger partial charge on any atom is -0.435 e. The molecule has 0 bridgehead atoms. The molecule has 0 radical (unpaired) electrons. The number of esters is 1. The summed E-state index contributed by atoms with van der Waals surface area (Å²) in [5.41, 5.74) is 8.27. The van der Waals surface area contributed by atoms with E-state index in [1.54, 1.807) is 62.8 Å². The smallest absolute Gasteiger partial charge is 0.435 e. The highest BCUT2D eigenvalue weighted by atomic mass is 33.1. The fraction of sp³-hybridized carbons (Fsp3) is 0.564. The van der Waals surface area contributed by atoms with Gasteiger partial charge >= 0.3 is 12.1 Å². The van der Waals surface area contributed by atoms with Gasteiger partial charge in [-0.25, -0.2) is 4.79 Å². The molecule has 0 fully saturated rings. The first-order valence-electron chi connectivity index (χ1n) is 18.7. The summed E-state index contributed by atoms with van der Waals surface area (Å²) in [6, 6.07) is 19.5. The minimum absolute atomic E-state index is 0.116. The Morgan fingerprint density at radius 1 is 0.684 bits per heavy atom. The van der Waals surface area contributed by atoms with Crippen molar-refractivity contribution in [1.82, 2.24) is 16.0 Å². The largest absolute Gasteiger partial charge is 0.511 e. The monoisotopic (exact) mass is 902 g/mol. The molecule has 2 aromatic rings. The first-order chi connectivity index (χ1) is 27.5. The lowest BCUT2D eigenvalue weighted by Gasteiger charge is -2.21. The predicted molar refractivity (Wildman–Crippen MR) is 243 cm³/mol. The fourth-order valence-electron chi connectivity index (χ4n) is 5.02. The van der Waals surface area contributed by atoms with E-state index in [1.807, 2.05) is 66.9 Å². The number of amides is 3. The van der Waals surface area contributed by atoms with Gasteiger partial charge in [0.1, 0.15) is 6.54 Å². The Balaban J connectivity index is 1.91. The highest BCUT2D eigenvalue weighted by molar-refractivity contribution is 8.77. The quantitative estimate of drug-likeness (QED) is 0.0307. The second-order valence-corrected chi connectivity index (χ2v) is 19.9. The molecule has 2 rings (SSSR count). The van der Waals surface area contributed by atoms with Crippen molar-refractivity contribution in [3.63, 3.8) is 0 Å². The Hall–Kier alpha value is -2.35. The van der Waals surface area contributed by atoms with Gasteiger partial charge in [0.15, 0.2) is 0 Å². The van der Waals surface area contributed by atoms with Crippen molar-refractivity contribution < 1.29 is 38.2 Å². The van der Waals surface area contributed by atoms with Crippen LogP contribution in [0.5, 0.6) is 0 Å². The van der Waals surface area contributed by atoms with Gasteiger partial charge < -0.3 is 35.9 Å². The van der Waals surface area contributed by atoms with Crippen LogP contribution in [-0.4, -0.2) is 115 Å². The number of benzene rings is 2. The van der Waals surface area contributed by atoms with Crippen molar-refractivity contribution >= 4 is 96.5 Å². The molecule has 57 heavy (non-hydrogen) atoms. The first-order valence-corrected chi connectivity index (χ1v) is 26.5. The van der Waals surface area contributed by atoms with Gasteiger partial charge in [-0.2, -0.15) is 23.5 Å². The Morgan fingerprint density at radius 3 is 1.74 bits per heavy atom. The maximum atomic E-state index is 13.4. The minimum atomic E-state index is -1.18. The van der Waals surface area contributed by atoms with Crippen molar-refractivity contribution in [3.8, 4) is 0 Å². The molecule has 3 amide bonds. The zero-order valence-electron chi connectivity index (χ0n) is 33.1. The molecule has 5 N–H and O–H groups in total. The molecule has 0 aliphatic heterocycles. The van der Waals surface area contributed by atoms with Crippen molar-refractivity contribution in [2.45, 2.75) is 57.9 Å². The van der Waals surface area contributed by atoms with E-state index in [-0.39, 0.29) is 48.9 Å². The summed E-state index contributed by atoms with van der Waals surface area (Å²) < 4.78 is 14.6. The molecular weight excluding hydrogens is 845 g/mol. The van der Waals surface area contributed by atoms with Gasteiger partial charge in [-0.1, -0.05) is 104 Å². The third kappa shape index (κ3) is 24.4. The Morgan fingerprint density at radius 2 is 1.19 bits per heavy atom. The molecule has 12 nitrogen and oxygen atoms in total. The van der Waals surface area contributed by atoms with E-state index in [2.05, 4.69) is 26.9 Å². The van der Waals surface area contributed by atoms with Crippen LogP contribution in [0.15, 0.2) is 60.7 Å². The van der Waals surface area contributed by atoms with Crippen LogP contribution in [0.25, 0.3) is 0 Å². The van der Waals surface area contributed by atoms with Gasteiger partial charge in [-0.05, 0) is 67.8 Å². The van der Waals surface area contributed by atoms with Gasteiger partial charge in [0.25, 0.3) is 0 Å². The van der Waals surface area contributed by atoms with Gasteiger partial charge in [-0.15, -0.1) is 0 Å². The Kier molecular flexibility index (Phi) is 28.1. The molecule has 0 aliphatic rings. The van der Waals surface area contributed by atoms with Gasteiger partial charge in [0, 0.05) is 42.0 Å². The van der Waals surface area contributed by atoms with Gasteiger partial charge in [0.2, 0.25) is 24.0 Å². The molecule has 18 heteroatoms. The molecule has 0 spiro atoms. The first kappa shape index (κ1) is 50.8. The van der Waals surface area contributed by atoms with E-state index >= 15 is 0 Å². The summed E-state index contributed by atoms with van der Waals surface area (Å²) in [5.74, 6) is 2.08. The number of thioether (sulfide) groups is 2. The number of carbonyl (C=O) groups is 5. The summed E-state index contributed by atoms with van der Waals surface area (Å²) >= 11 is 3.47. The molecule has 0 heterocycles. The van der Waals surface area contributed by atoms with Gasteiger partial charge in [-0.3, -0.25) is 19.2 Å².